The highest BCUT2D eigenvalue weighted by molar-refractivity contribution is 5.92. The van der Waals surface area contributed by atoms with Crippen molar-refractivity contribution in [3.8, 4) is 22.6 Å². The summed E-state index contributed by atoms with van der Waals surface area (Å²) >= 11 is 0. The number of ether oxygens (including phenoxy) is 2. The molecule has 9 nitrogen and oxygen atoms in total. The lowest BCUT2D eigenvalue weighted by Crippen LogP contribution is -2.55. The summed E-state index contributed by atoms with van der Waals surface area (Å²) in [5, 5.41) is 7.38. The minimum absolute atomic E-state index is 0.0690. The Balaban J connectivity index is 2.04. The Morgan fingerprint density at radius 3 is 2.48 bits per heavy atom. The molecule has 158 valence electrons. The van der Waals surface area contributed by atoms with Gasteiger partial charge in [-0.2, -0.15) is 10.1 Å². The second-order valence-corrected chi connectivity index (χ2v) is 6.78. The minimum atomic E-state index is -1.86. The number of fused-ring (bicyclic) bond motifs is 3. The molecule has 0 fully saturated rings. The van der Waals surface area contributed by atoms with Crippen LogP contribution in [-0.4, -0.2) is 40.9 Å². The molecular formula is C21H17FN4O5. The van der Waals surface area contributed by atoms with Gasteiger partial charge in [0.2, 0.25) is 5.66 Å². The molecule has 0 saturated heterocycles. The van der Waals surface area contributed by atoms with E-state index < -0.39 is 35.4 Å². The molecule has 0 saturated carbocycles. The predicted octanol–water partition coefficient (Wildman–Crippen LogP) is 1.93. The summed E-state index contributed by atoms with van der Waals surface area (Å²) in [6, 6.07) is 11.9. The fourth-order valence-electron chi connectivity index (χ4n) is 3.46. The normalized spacial score (nSPS) is 16.5. The lowest BCUT2D eigenvalue weighted by atomic mass is 9.99. The van der Waals surface area contributed by atoms with Crippen molar-refractivity contribution in [2.45, 2.75) is 12.1 Å². The lowest BCUT2D eigenvalue weighted by Gasteiger charge is -2.38. The van der Waals surface area contributed by atoms with Gasteiger partial charge in [-0.3, -0.25) is 9.59 Å². The average molecular weight is 424 g/mol. The molecule has 0 spiro atoms. The van der Waals surface area contributed by atoms with Gasteiger partial charge in [-0.15, -0.1) is 0 Å². The number of halogens is 1. The second-order valence-electron chi connectivity index (χ2n) is 6.78. The van der Waals surface area contributed by atoms with Gasteiger partial charge in [0.05, 0.1) is 14.2 Å². The van der Waals surface area contributed by atoms with Gasteiger partial charge in [0.15, 0.2) is 11.5 Å². The third-order valence-corrected chi connectivity index (χ3v) is 4.95. The van der Waals surface area contributed by atoms with E-state index in [1.807, 2.05) is 0 Å². The van der Waals surface area contributed by atoms with Crippen LogP contribution in [0, 0.1) is 5.82 Å². The standard InChI is InChI=1S/C21H17FN4O5/c1-30-16(27)11-21(20(29)31-2)24-15-6-4-3-5-14(15)18-23-19(28)17(25-26(18)21)12-7-9-13(22)10-8-12/h3-10,24H,11H2,1-2H3. The van der Waals surface area contributed by atoms with Crippen molar-refractivity contribution in [2.75, 3.05) is 19.5 Å². The lowest BCUT2D eigenvalue weighted by molar-refractivity contribution is -0.157. The number of anilines is 1. The largest absolute Gasteiger partial charge is 0.469 e. The van der Waals surface area contributed by atoms with E-state index in [9.17, 15) is 18.8 Å². The summed E-state index contributed by atoms with van der Waals surface area (Å²) in [6.45, 7) is 0. The third kappa shape index (κ3) is 3.31. The molecule has 0 aliphatic carbocycles. The molecule has 1 aromatic heterocycles. The highest BCUT2D eigenvalue weighted by Crippen LogP contribution is 2.39. The molecule has 3 aromatic rings. The van der Waals surface area contributed by atoms with Crippen molar-refractivity contribution in [3.05, 3.63) is 64.7 Å². The minimum Gasteiger partial charge on any atom is -0.469 e. The number of hydrogen-bond donors (Lipinski definition) is 1. The molecule has 1 aliphatic rings. The predicted molar refractivity (Wildman–Crippen MR) is 107 cm³/mol. The van der Waals surface area contributed by atoms with E-state index in [-0.39, 0.29) is 11.5 Å². The molecule has 31 heavy (non-hydrogen) atoms. The summed E-state index contributed by atoms with van der Waals surface area (Å²) in [5.41, 5.74) is -1.40. The monoisotopic (exact) mass is 424 g/mol. The van der Waals surface area contributed by atoms with Gasteiger partial charge < -0.3 is 14.8 Å². The van der Waals surface area contributed by atoms with Crippen molar-refractivity contribution in [2.24, 2.45) is 0 Å². The molecule has 1 unspecified atom stereocenters. The summed E-state index contributed by atoms with van der Waals surface area (Å²) in [4.78, 5) is 42.2. The molecular weight excluding hydrogens is 407 g/mol. The van der Waals surface area contributed by atoms with Crippen LogP contribution in [0.1, 0.15) is 6.42 Å². The van der Waals surface area contributed by atoms with Crippen LogP contribution < -0.4 is 10.9 Å². The van der Waals surface area contributed by atoms with Crippen LogP contribution in [0.25, 0.3) is 22.6 Å². The van der Waals surface area contributed by atoms with Crippen LogP contribution in [0.15, 0.2) is 53.3 Å². The zero-order valence-electron chi connectivity index (χ0n) is 16.6. The first-order chi connectivity index (χ1) is 14.9. The Morgan fingerprint density at radius 1 is 1.10 bits per heavy atom. The molecule has 1 N–H and O–H groups in total. The highest BCUT2D eigenvalue weighted by atomic mass is 19.1. The third-order valence-electron chi connectivity index (χ3n) is 4.95. The Hall–Kier alpha value is -4.08. The number of para-hydroxylation sites is 1. The zero-order chi connectivity index (χ0) is 22.2. The number of nitrogens with one attached hydrogen (secondary N) is 1. The number of carbonyl (C=O) groups is 2. The highest BCUT2D eigenvalue weighted by Gasteiger charge is 2.50. The first-order valence-corrected chi connectivity index (χ1v) is 9.20. The molecule has 1 aliphatic heterocycles. The van der Waals surface area contributed by atoms with Crippen molar-refractivity contribution in [3.63, 3.8) is 0 Å². The first-order valence-electron chi connectivity index (χ1n) is 9.20. The van der Waals surface area contributed by atoms with E-state index in [0.29, 0.717) is 16.8 Å². The fourth-order valence-corrected chi connectivity index (χ4v) is 3.46. The van der Waals surface area contributed by atoms with Crippen LogP contribution in [0.3, 0.4) is 0 Å². The smallest absolute Gasteiger partial charge is 0.355 e. The van der Waals surface area contributed by atoms with Crippen LogP contribution in [-0.2, 0) is 24.7 Å². The topological polar surface area (TPSA) is 112 Å². The quantitative estimate of drug-likeness (QED) is 0.633. The van der Waals surface area contributed by atoms with E-state index >= 15 is 0 Å². The molecule has 4 rings (SSSR count). The number of esters is 2. The maximum absolute atomic E-state index is 13.4. The number of aromatic nitrogens is 3. The second kappa shape index (κ2) is 7.63. The van der Waals surface area contributed by atoms with Crippen molar-refractivity contribution < 1.29 is 23.5 Å². The number of nitrogens with zero attached hydrogens (tertiary/aromatic N) is 3. The Morgan fingerprint density at radius 2 is 1.81 bits per heavy atom. The molecule has 0 amide bonds. The van der Waals surface area contributed by atoms with E-state index in [4.69, 9.17) is 9.47 Å². The van der Waals surface area contributed by atoms with E-state index in [1.54, 1.807) is 24.3 Å². The summed E-state index contributed by atoms with van der Waals surface area (Å²) < 4.78 is 24.3. The van der Waals surface area contributed by atoms with E-state index in [2.05, 4.69) is 15.4 Å². The van der Waals surface area contributed by atoms with Gasteiger partial charge >= 0.3 is 11.9 Å². The Kier molecular flexibility index (Phi) is 4.97. The first kappa shape index (κ1) is 20.2. The number of hydrogen-bond acceptors (Lipinski definition) is 8. The van der Waals surface area contributed by atoms with Gasteiger partial charge in [-0.05, 0) is 36.4 Å². The summed E-state index contributed by atoms with van der Waals surface area (Å²) in [5.74, 6) is -1.97. The van der Waals surface area contributed by atoms with Gasteiger partial charge in [0.1, 0.15) is 12.2 Å². The molecule has 2 aromatic carbocycles. The van der Waals surface area contributed by atoms with Gasteiger partial charge in [0, 0.05) is 16.8 Å². The zero-order valence-corrected chi connectivity index (χ0v) is 16.6. The number of rotatable bonds is 4. The van der Waals surface area contributed by atoms with Crippen LogP contribution in [0.4, 0.5) is 10.1 Å². The average Bonchev–Trinajstić information content (AvgIpc) is 2.78. The maximum Gasteiger partial charge on any atom is 0.355 e. The van der Waals surface area contributed by atoms with Crippen LogP contribution in [0.5, 0.6) is 0 Å². The fraction of sp³-hybridized carbons (Fsp3) is 0.190. The molecule has 10 heteroatoms. The van der Waals surface area contributed by atoms with Gasteiger partial charge in [-0.1, -0.05) is 12.1 Å². The van der Waals surface area contributed by atoms with Gasteiger partial charge in [-0.25, -0.2) is 13.9 Å². The summed E-state index contributed by atoms with van der Waals surface area (Å²) in [7, 11) is 2.35. The van der Waals surface area contributed by atoms with Gasteiger partial charge in [0.25, 0.3) is 5.56 Å². The summed E-state index contributed by atoms with van der Waals surface area (Å²) in [6.07, 6.45) is -0.488. The Labute approximate surface area is 175 Å². The molecule has 1 atom stereocenters. The molecule has 0 bridgehead atoms. The Bertz CT molecular complexity index is 1240. The number of benzene rings is 2. The van der Waals surface area contributed by atoms with Crippen molar-refractivity contribution in [1.82, 2.24) is 14.8 Å². The van der Waals surface area contributed by atoms with Crippen molar-refractivity contribution in [1.29, 1.82) is 0 Å². The number of methoxy groups -OCH3 is 2. The SMILES string of the molecule is COC(=O)CC1(C(=O)OC)Nc2ccccc2-c2nc(=O)c(-c3ccc(F)cc3)nn21. The van der Waals surface area contributed by atoms with E-state index in [1.165, 1.54) is 38.5 Å². The van der Waals surface area contributed by atoms with E-state index in [0.717, 1.165) is 4.68 Å². The molecule has 0 radical (unpaired) electrons. The van der Waals surface area contributed by atoms with Crippen LogP contribution in [0.2, 0.25) is 0 Å². The van der Waals surface area contributed by atoms with Crippen molar-refractivity contribution >= 4 is 17.6 Å². The molecule has 2 heterocycles. The van der Waals surface area contributed by atoms with Crippen LogP contribution >= 0.6 is 0 Å². The number of carbonyl (C=O) groups excluding carboxylic acids is 2. The maximum atomic E-state index is 13.4.